The second-order valence-corrected chi connectivity index (χ2v) is 4.66. The lowest BCUT2D eigenvalue weighted by molar-refractivity contribution is 0.554. The van der Waals surface area contributed by atoms with Crippen LogP contribution in [0.1, 0.15) is 23.4 Å². The molecular weight excluding hydrogens is 220 g/mol. The average molecular weight is 236 g/mol. The molecule has 0 aliphatic rings. The van der Waals surface area contributed by atoms with Gasteiger partial charge >= 0.3 is 0 Å². The van der Waals surface area contributed by atoms with Crippen LogP contribution in [0.4, 0.5) is 0 Å². The monoisotopic (exact) mass is 236 g/mol. The van der Waals surface area contributed by atoms with Gasteiger partial charge in [-0.3, -0.25) is 16.0 Å². The van der Waals surface area contributed by atoms with Crippen molar-refractivity contribution < 1.29 is 0 Å². The van der Waals surface area contributed by atoms with E-state index in [2.05, 4.69) is 35.0 Å². The van der Waals surface area contributed by atoms with Crippen LogP contribution in [0.15, 0.2) is 29.9 Å². The minimum atomic E-state index is 0.138. The standard InChI is InChI=1S/C11H16N4S/c1-2-15-8-9(7-13-15)11(14-12)6-10-4-3-5-16-10/h3-5,7-8,11,14H,2,6,12H2,1H3. The fraction of sp³-hybridized carbons (Fsp3) is 0.364. The van der Waals surface area contributed by atoms with Crippen LogP contribution in [0.2, 0.25) is 0 Å². The Labute approximate surface area is 99.1 Å². The number of thiophene rings is 1. The quantitative estimate of drug-likeness (QED) is 0.614. The number of hydrogen-bond acceptors (Lipinski definition) is 4. The summed E-state index contributed by atoms with van der Waals surface area (Å²) in [6.45, 7) is 2.96. The Bertz CT molecular complexity index is 421. The molecule has 0 aromatic carbocycles. The Kier molecular flexibility index (Phi) is 3.71. The fourth-order valence-electron chi connectivity index (χ4n) is 1.64. The zero-order valence-corrected chi connectivity index (χ0v) is 10.1. The van der Waals surface area contributed by atoms with Crippen molar-refractivity contribution in [3.63, 3.8) is 0 Å². The van der Waals surface area contributed by atoms with Gasteiger partial charge in [0.05, 0.1) is 12.2 Å². The SMILES string of the molecule is CCn1cc(C(Cc2cccs2)NN)cn1. The molecule has 4 nitrogen and oxygen atoms in total. The predicted octanol–water partition coefficient (Wildman–Crippen LogP) is 1.71. The zero-order valence-electron chi connectivity index (χ0n) is 9.26. The first-order valence-electron chi connectivity index (χ1n) is 5.34. The van der Waals surface area contributed by atoms with Crippen molar-refractivity contribution in [2.45, 2.75) is 25.9 Å². The van der Waals surface area contributed by atoms with Crippen LogP contribution in [0.25, 0.3) is 0 Å². The first-order valence-corrected chi connectivity index (χ1v) is 6.22. The molecule has 2 aromatic rings. The lowest BCUT2D eigenvalue weighted by Crippen LogP contribution is -2.29. The molecule has 0 fully saturated rings. The Balaban J connectivity index is 2.10. The van der Waals surface area contributed by atoms with Crippen molar-refractivity contribution in [1.82, 2.24) is 15.2 Å². The van der Waals surface area contributed by atoms with E-state index in [1.807, 2.05) is 17.1 Å². The molecule has 16 heavy (non-hydrogen) atoms. The highest BCUT2D eigenvalue weighted by molar-refractivity contribution is 7.09. The topological polar surface area (TPSA) is 55.9 Å². The summed E-state index contributed by atoms with van der Waals surface area (Å²) in [6.07, 6.45) is 4.82. The Morgan fingerprint density at radius 2 is 2.50 bits per heavy atom. The van der Waals surface area contributed by atoms with Crippen molar-refractivity contribution in [2.24, 2.45) is 5.84 Å². The van der Waals surface area contributed by atoms with Gasteiger partial charge in [0.2, 0.25) is 0 Å². The summed E-state index contributed by atoms with van der Waals surface area (Å²) < 4.78 is 1.91. The van der Waals surface area contributed by atoms with E-state index in [0.29, 0.717) is 0 Å². The van der Waals surface area contributed by atoms with Gasteiger partial charge in [-0.05, 0) is 18.4 Å². The minimum Gasteiger partial charge on any atom is -0.273 e. The lowest BCUT2D eigenvalue weighted by atomic mass is 10.1. The molecule has 0 bridgehead atoms. The van der Waals surface area contributed by atoms with Gasteiger partial charge in [-0.25, -0.2) is 0 Å². The van der Waals surface area contributed by atoms with E-state index in [1.165, 1.54) is 4.88 Å². The molecule has 0 amide bonds. The molecular formula is C11H16N4S. The van der Waals surface area contributed by atoms with E-state index in [1.54, 1.807) is 11.3 Å². The maximum absolute atomic E-state index is 5.59. The highest BCUT2D eigenvalue weighted by atomic mass is 32.1. The van der Waals surface area contributed by atoms with Gasteiger partial charge in [0.25, 0.3) is 0 Å². The third-order valence-electron chi connectivity index (χ3n) is 2.57. The minimum absolute atomic E-state index is 0.138. The predicted molar refractivity (Wildman–Crippen MR) is 66.0 cm³/mol. The first-order chi connectivity index (χ1) is 7.83. The summed E-state index contributed by atoms with van der Waals surface area (Å²) in [7, 11) is 0. The molecule has 2 rings (SSSR count). The van der Waals surface area contributed by atoms with E-state index < -0.39 is 0 Å². The molecule has 5 heteroatoms. The molecule has 0 radical (unpaired) electrons. The van der Waals surface area contributed by atoms with Crippen LogP contribution in [0.5, 0.6) is 0 Å². The molecule has 2 heterocycles. The van der Waals surface area contributed by atoms with E-state index in [-0.39, 0.29) is 6.04 Å². The van der Waals surface area contributed by atoms with Crippen molar-refractivity contribution in [1.29, 1.82) is 0 Å². The summed E-state index contributed by atoms with van der Waals surface area (Å²) in [4.78, 5) is 1.33. The van der Waals surface area contributed by atoms with Crippen molar-refractivity contribution >= 4 is 11.3 Å². The summed E-state index contributed by atoms with van der Waals surface area (Å²) in [5.74, 6) is 5.59. The molecule has 0 aliphatic carbocycles. The van der Waals surface area contributed by atoms with Crippen molar-refractivity contribution in [3.8, 4) is 0 Å². The molecule has 2 aromatic heterocycles. The van der Waals surface area contributed by atoms with E-state index in [9.17, 15) is 0 Å². The third kappa shape index (κ3) is 2.49. The average Bonchev–Trinajstić information content (AvgIpc) is 2.96. The Morgan fingerprint density at radius 1 is 1.62 bits per heavy atom. The van der Waals surface area contributed by atoms with Gasteiger partial charge in [-0.2, -0.15) is 5.10 Å². The van der Waals surface area contributed by atoms with E-state index >= 15 is 0 Å². The second kappa shape index (κ2) is 5.25. The van der Waals surface area contributed by atoms with Gasteiger partial charge in [0.15, 0.2) is 0 Å². The van der Waals surface area contributed by atoms with Gasteiger partial charge in [-0.1, -0.05) is 6.07 Å². The zero-order chi connectivity index (χ0) is 11.4. The molecule has 0 saturated heterocycles. The number of aryl methyl sites for hydroxylation is 1. The number of aromatic nitrogens is 2. The normalized spacial score (nSPS) is 12.9. The van der Waals surface area contributed by atoms with Crippen LogP contribution in [0, 0.1) is 0 Å². The molecule has 1 unspecified atom stereocenters. The summed E-state index contributed by atoms with van der Waals surface area (Å²) >= 11 is 1.75. The second-order valence-electron chi connectivity index (χ2n) is 3.63. The highest BCUT2D eigenvalue weighted by Gasteiger charge is 2.12. The summed E-state index contributed by atoms with van der Waals surface area (Å²) in [5, 5.41) is 6.34. The molecule has 0 spiro atoms. The van der Waals surface area contributed by atoms with Crippen LogP contribution in [-0.2, 0) is 13.0 Å². The largest absolute Gasteiger partial charge is 0.273 e. The molecule has 0 saturated carbocycles. The van der Waals surface area contributed by atoms with Gasteiger partial charge < -0.3 is 0 Å². The number of rotatable bonds is 5. The van der Waals surface area contributed by atoms with E-state index in [4.69, 9.17) is 5.84 Å². The maximum Gasteiger partial charge on any atom is 0.0539 e. The number of nitrogens with two attached hydrogens (primary N) is 1. The number of nitrogens with one attached hydrogen (secondary N) is 1. The highest BCUT2D eigenvalue weighted by Crippen LogP contribution is 2.20. The van der Waals surface area contributed by atoms with Gasteiger partial charge in [-0.15, -0.1) is 11.3 Å². The Hall–Kier alpha value is -1.17. The van der Waals surface area contributed by atoms with Crippen LogP contribution >= 0.6 is 11.3 Å². The molecule has 86 valence electrons. The van der Waals surface area contributed by atoms with Gasteiger partial charge in [0, 0.05) is 29.6 Å². The lowest BCUT2D eigenvalue weighted by Gasteiger charge is -2.12. The maximum atomic E-state index is 5.59. The smallest absolute Gasteiger partial charge is 0.0539 e. The van der Waals surface area contributed by atoms with Crippen LogP contribution in [-0.4, -0.2) is 9.78 Å². The summed E-state index contributed by atoms with van der Waals surface area (Å²) in [6, 6.07) is 4.32. The van der Waals surface area contributed by atoms with E-state index in [0.717, 1.165) is 18.5 Å². The molecule has 3 N–H and O–H groups in total. The molecule has 0 aliphatic heterocycles. The Morgan fingerprint density at radius 3 is 3.06 bits per heavy atom. The number of nitrogens with zero attached hydrogens (tertiary/aromatic N) is 2. The van der Waals surface area contributed by atoms with Crippen LogP contribution < -0.4 is 11.3 Å². The van der Waals surface area contributed by atoms with Crippen molar-refractivity contribution in [2.75, 3.05) is 0 Å². The van der Waals surface area contributed by atoms with Crippen molar-refractivity contribution in [3.05, 3.63) is 40.3 Å². The number of hydrogen-bond donors (Lipinski definition) is 2. The fourth-order valence-corrected chi connectivity index (χ4v) is 2.39. The van der Waals surface area contributed by atoms with Gasteiger partial charge in [0.1, 0.15) is 0 Å². The number of hydrazine groups is 1. The van der Waals surface area contributed by atoms with Crippen LogP contribution in [0.3, 0.4) is 0 Å². The summed E-state index contributed by atoms with van der Waals surface area (Å²) in [5.41, 5.74) is 3.98. The first kappa shape index (κ1) is 11.3. The molecule has 1 atom stereocenters. The third-order valence-corrected chi connectivity index (χ3v) is 3.46.